The predicted octanol–water partition coefficient (Wildman–Crippen LogP) is 7.59. The molecular weight excluding hydrogens is 737 g/mol. The Bertz CT molecular complexity index is 1350. The molecule has 330 valence electrons. The molecular formula is C46H78N4O8. The van der Waals surface area contributed by atoms with Gasteiger partial charge in [0.2, 0.25) is 0 Å². The third-order valence-electron chi connectivity index (χ3n) is 14.6. The molecule has 0 bridgehead atoms. The van der Waals surface area contributed by atoms with Crippen molar-refractivity contribution in [2.45, 2.75) is 241 Å². The van der Waals surface area contributed by atoms with Crippen molar-refractivity contribution in [2.24, 2.45) is 0 Å². The minimum Gasteiger partial charge on any atom is -0.464 e. The fourth-order valence-electron chi connectivity index (χ4n) is 12.7. The largest absolute Gasteiger partial charge is 0.464 e. The van der Waals surface area contributed by atoms with Gasteiger partial charge in [-0.3, -0.25) is 29.0 Å². The number of unbranched alkanes of at least 4 members (excludes halogenated alkanes) is 5. The van der Waals surface area contributed by atoms with Crippen LogP contribution in [0, 0.1) is 0 Å². The van der Waals surface area contributed by atoms with Crippen molar-refractivity contribution in [3.63, 3.8) is 0 Å². The van der Waals surface area contributed by atoms with Crippen LogP contribution in [0.15, 0.2) is 0 Å². The van der Waals surface area contributed by atoms with Gasteiger partial charge in [-0.15, -0.1) is 0 Å². The van der Waals surface area contributed by atoms with E-state index >= 15 is 0 Å². The molecule has 2 amide bonds. The molecule has 12 nitrogen and oxygen atoms in total. The van der Waals surface area contributed by atoms with Crippen LogP contribution in [0.3, 0.4) is 0 Å². The highest BCUT2D eigenvalue weighted by Gasteiger charge is 2.64. The van der Waals surface area contributed by atoms with Crippen LogP contribution >= 0.6 is 0 Å². The highest BCUT2D eigenvalue weighted by molar-refractivity contribution is 5.89. The van der Waals surface area contributed by atoms with Gasteiger partial charge in [0.05, 0.1) is 0 Å². The van der Waals surface area contributed by atoms with Crippen LogP contribution < -0.4 is 10.6 Å². The number of likely N-dealkylation sites (tertiary alicyclic amines) is 2. The number of amides is 2. The van der Waals surface area contributed by atoms with Crippen LogP contribution in [0.25, 0.3) is 0 Å². The lowest BCUT2D eigenvalue weighted by molar-refractivity contribution is -0.195. The number of rotatable bonds is 15. The van der Waals surface area contributed by atoms with E-state index < -0.39 is 22.7 Å². The van der Waals surface area contributed by atoms with Gasteiger partial charge in [0, 0.05) is 73.8 Å². The maximum atomic E-state index is 13.5. The lowest BCUT2D eigenvalue weighted by Crippen LogP contribution is -2.67. The molecule has 0 aromatic heterocycles. The zero-order valence-electron chi connectivity index (χ0n) is 37.5. The topological polar surface area (TPSA) is 136 Å². The summed E-state index contributed by atoms with van der Waals surface area (Å²) >= 11 is 0. The first-order valence-corrected chi connectivity index (χ1v) is 23.1. The Morgan fingerprint density at radius 3 is 1.16 bits per heavy atom. The molecule has 2 saturated carbocycles. The summed E-state index contributed by atoms with van der Waals surface area (Å²) < 4.78 is 24.9. The van der Waals surface area contributed by atoms with Crippen molar-refractivity contribution in [3.8, 4) is 0 Å². The molecule has 0 aromatic rings. The highest BCUT2D eigenvalue weighted by Crippen LogP contribution is 2.52. The standard InChI is InChI=1S/C46H78N4O8/c1-39(2)31-43(37(53)47-45(57-43)23-17-13-18-24-45)32-40(3,4)49(39)27-29-55-35(51)21-15-11-9-10-12-16-22-36(52)56-30-28-50-41(5,6)33-44(34-42(50,7)8)38(54)48-46(58-44)25-19-14-20-26-46/h9-34H2,1-8H3,(H,47,53)(H,48,54). The summed E-state index contributed by atoms with van der Waals surface area (Å²) in [6.45, 7) is 19.3. The number of hydrogen-bond acceptors (Lipinski definition) is 10. The van der Waals surface area contributed by atoms with Crippen LogP contribution in [0.1, 0.15) is 197 Å². The van der Waals surface area contributed by atoms with Gasteiger partial charge in [0.25, 0.3) is 11.8 Å². The molecule has 4 saturated heterocycles. The van der Waals surface area contributed by atoms with Crippen molar-refractivity contribution < 1.29 is 38.1 Å². The molecule has 6 rings (SSSR count). The SMILES string of the molecule is CC1(C)CC2(CC(C)(C)N1CCOC(=O)CCCCCCCCC(=O)OCCN1C(C)(C)CC3(CC1(C)C)OC1(CCCCC1)NC3=O)OC1(CCCCC1)NC2=O. The van der Waals surface area contributed by atoms with E-state index in [-0.39, 0.29) is 45.9 Å². The third kappa shape index (κ3) is 9.91. The summed E-state index contributed by atoms with van der Waals surface area (Å²) in [4.78, 5) is 57.0. The Hall–Kier alpha value is -2.28. The third-order valence-corrected chi connectivity index (χ3v) is 14.6. The number of nitrogens with one attached hydrogen (secondary N) is 2. The lowest BCUT2D eigenvalue weighted by Gasteiger charge is -2.57. The molecule has 0 unspecified atom stereocenters. The van der Waals surface area contributed by atoms with Crippen molar-refractivity contribution in [1.82, 2.24) is 20.4 Å². The van der Waals surface area contributed by atoms with Gasteiger partial charge in [0.1, 0.15) is 24.7 Å². The van der Waals surface area contributed by atoms with Crippen LogP contribution in [0.2, 0.25) is 0 Å². The van der Waals surface area contributed by atoms with E-state index in [1.807, 2.05) is 0 Å². The number of piperidine rings is 2. The molecule has 2 aliphatic carbocycles. The van der Waals surface area contributed by atoms with E-state index in [1.165, 1.54) is 12.8 Å². The van der Waals surface area contributed by atoms with Crippen molar-refractivity contribution >= 4 is 23.8 Å². The summed E-state index contributed by atoms with van der Waals surface area (Å²) in [6.07, 6.45) is 19.1. The molecule has 58 heavy (non-hydrogen) atoms. The minimum atomic E-state index is -0.819. The number of esters is 2. The molecule has 12 heteroatoms. The van der Waals surface area contributed by atoms with E-state index in [4.69, 9.17) is 18.9 Å². The summed E-state index contributed by atoms with van der Waals surface area (Å²) in [6, 6.07) is 0. The summed E-state index contributed by atoms with van der Waals surface area (Å²) in [5, 5.41) is 6.55. The Kier molecular flexibility index (Phi) is 13.4. The second-order valence-electron chi connectivity index (χ2n) is 21.5. The second-order valence-corrected chi connectivity index (χ2v) is 21.5. The summed E-state index contributed by atoms with van der Waals surface area (Å²) in [7, 11) is 0. The van der Waals surface area contributed by atoms with Gasteiger partial charge in [-0.1, -0.05) is 38.5 Å². The molecule has 0 aromatic carbocycles. The molecule has 0 radical (unpaired) electrons. The molecule has 4 heterocycles. The van der Waals surface area contributed by atoms with E-state index in [2.05, 4.69) is 75.8 Å². The fourth-order valence-corrected chi connectivity index (χ4v) is 12.7. The van der Waals surface area contributed by atoms with Crippen molar-refractivity contribution in [2.75, 3.05) is 26.3 Å². The van der Waals surface area contributed by atoms with Crippen LogP contribution in [-0.4, -0.2) is 105 Å². The van der Waals surface area contributed by atoms with Gasteiger partial charge >= 0.3 is 11.9 Å². The van der Waals surface area contributed by atoms with E-state index in [1.54, 1.807) is 0 Å². The first-order chi connectivity index (χ1) is 27.2. The van der Waals surface area contributed by atoms with Gasteiger partial charge < -0.3 is 29.6 Å². The molecule has 6 aliphatic rings. The Balaban J connectivity index is 0.812. The predicted molar refractivity (Wildman–Crippen MR) is 223 cm³/mol. The first kappa shape index (κ1) is 45.3. The minimum absolute atomic E-state index is 0.0382. The number of nitrogens with zero attached hydrogens (tertiary/aromatic N) is 2. The van der Waals surface area contributed by atoms with Crippen LogP contribution in [-0.2, 0) is 38.1 Å². The lowest BCUT2D eigenvalue weighted by atomic mass is 9.70. The van der Waals surface area contributed by atoms with Crippen LogP contribution in [0.5, 0.6) is 0 Å². The van der Waals surface area contributed by atoms with Gasteiger partial charge in [0.15, 0.2) is 11.2 Å². The first-order valence-electron chi connectivity index (χ1n) is 23.1. The Morgan fingerprint density at radius 1 is 0.517 bits per heavy atom. The highest BCUT2D eigenvalue weighted by atomic mass is 16.6. The van der Waals surface area contributed by atoms with E-state index in [9.17, 15) is 19.2 Å². The Morgan fingerprint density at radius 2 is 0.828 bits per heavy atom. The van der Waals surface area contributed by atoms with Gasteiger partial charge in [-0.2, -0.15) is 0 Å². The number of ether oxygens (including phenoxy) is 4. The smallest absolute Gasteiger partial charge is 0.305 e. The summed E-state index contributed by atoms with van der Waals surface area (Å²) in [5.41, 5.74) is -3.87. The number of hydrogen-bond donors (Lipinski definition) is 2. The number of carbonyl (C=O) groups is 4. The monoisotopic (exact) mass is 815 g/mol. The molecule has 4 spiro atoms. The molecule has 2 N–H and O–H groups in total. The second kappa shape index (κ2) is 17.2. The van der Waals surface area contributed by atoms with E-state index in [0.29, 0.717) is 64.8 Å². The average Bonchev–Trinajstić information content (AvgIpc) is 3.49. The number of carbonyl (C=O) groups excluding carboxylic acids is 4. The zero-order valence-corrected chi connectivity index (χ0v) is 37.5. The maximum absolute atomic E-state index is 13.5. The zero-order chi connectivity index (χ0) is 42.1. The van der Waals surface area contributed by atoms with Crippen molar-refractivity contribution in [3.05, 3.63) is 0 Å². The van der Waals surface area contributed by atoms with Gasteiger partial charge in [-0.05, 0) is 120 Å². The fraction of sp³-hybridized carbons (Fsp3) is 0.913. The Labute approximate surface area is 349 Å². The molecule has 6 fully saturated rings. The molecule has 0 atom stereocenters. The van der Waals surface area contributed by atoms with Crippen molar-refractivity contribution in [1.29, 1.82) is 0 Å². The normalized spacial score (nSPS) is 27.4. The average molecular weight is 815 g/mol. The van der Waals surface area contributed by atoms with E-state index in [0.717, 1.165) is 89.9 Å². The summed E-state index contributed by atoms with van der Waals surface area (Å²) in [5.74, 6) is -0.246. The maximum Gasteiger partial charge on any atom is 0.305 e. The quantitative estimate of drug-likeness (QED) is 0.126. The van der Waals surface area contributed by atoms with Crippen LogP contribution in [0.4, 0.5) is 0 Å². The molecule has 4 aliphatic heterocycles. The van der Waals surface area contributed by atoms with Gasteiger partial charge in [-0.25, -0.2) is 0 Å².